The first-order chi connectivity index (χ1) is 18.0. The van der Waals surface area contributed by atoms with Crippen LogP contribution in [0.15, 0.2) is 89.4 Å². The van der Waals surface area contributed by atoms with Gasteiger partial charge in [0.15, 0.2) is 0 Å². The summed E-state index contributed by atoms with van der Waals surface area (Å²) in [7, 11) is -3.77. The number of rotatable bonds is 12. The number of carbonyl (C=O) groups is 2. The van der Waals surface area contributed by atoms with E-state index in [9.17, 15) is 18.0 Å². The van der Waals surface area contributed by atoms with E-state index >= 15 is 0 Å². The Morgan fingerprint density at radius 1 is 0.868 bits per heavy atom. The van der Waals surface area contributed by atoms with Gasteiger partial charge in [-0.1, -0.05) is 90.4 Å². The average molecular weight is 601 g/mol. The topological polar surface area (TPSA) is 86.8 Å². The Hall–Kier alpha value is -3.17. The van der Waals surface area contributed by atoms with Crippen molar-refractivity contribution in [2.75, 3.05) is 23.7 Å². The van der Waals surface area contributed by atoms with E-state index in [1.165, 1.54) is 4.90 Å². The fourth-order valence-electron chi connectivity index (χ4n) is 3.97. The van der Waals surface area contributed by atoms with Gasteiger partial charge in [-0.15, -0.1) is 0 Å². The van der Waals surface area contributed by atoms with Gasteiger partial charge >= 0.3 is 0 Å². The highest BCUT2D eigenvalue weighted by Gasteiger charge is 2.33. The number of benzene rings is 3. The molecular weight excluding hydrogens is 566 g/mol. The fourth-order valence-corrected chi connectivity index (χ4v) is 5.08. The predicted octanol–water partition coefficient (Wildman–Crippen LogP) is 4.63. The number of anilines is 1. The number of hydrogen-bond donors (Lipinski definition) is 1. The third-order valence-electron chi connectivity index (χ3n) is 5.95. The number of para-hydroxylation sites is 1. The van der Waals surface area contributed by atoms with Crippen molar-refractivity contribution in [1.29, 1.82) is 0 Å². The number of halogens is 1. The van der Waals surface area contributed by atoms with E-state index in [0.717, 1.165) is 26.2 Å². The highest BCUT2D eigenvalue weighted by atomic mass is 79.9. The van der Waals surface area contributed by atoms with Crippen LogP contribution in [0.1, 0.15) is 25.0 Å². The second-order valence-electron chi connectivity index (χ2n) is 9.60. The lowest BCUT2D eigenvalue weighted by Gasteiger charge is -2.33. The van der Waals surface area contributed by atoms with Gasteiger partial charge in [-0.3, -0.25) is 13.9 Å². The van der Waals surface area contributed by atoms with Gasteiger partial charge in [0.25, 0.3) is 0 Å². The van der Waals surface area contributed by atoms with Gasteiger partial charge in [-0.25, -0.2) is 8.42 Å². The molecule has 0 heterocycles. The van der Waals surface area contributed by atoms with Crippen LogP contribution in [0.2, 0.25) is 0 Å². The number of amides is 2. The Labute approximate surface area is 234 Å². The van der Waals surface area contributed by atoms with Gasteiger partial charge in [0, 0.05) is 24.0 Å². The normalized spacial score (nSPS) is 12.1. The molecule has 0 aromatic heterocycles. The highest BCUT2D eigenvalue weighted by Crippen LogP contribution is 2.21. The van der Waals surface area contributed by atoms with Gasteiger partial charge in [0.1, 0.15) is 12.6 Å². The largest absolute Gasteiger partial charge is 0.354 e. The SMILES string of the molecule is CC(C)CNC(=O)[C@@H](Cc1ccccc1)N(Cc1ccc(Br)cc1)C(=O)CN(c1ccccc1)S(C)(=O)=O. The van der Waals surface area contributed by atoms with Gasteiger partial charge in [0.05, 0.1) is 11.9 Å². The number of nitrogens with one attached hydrogen (secondary N) is 1. The van der Waals surface area contributed by atoms with Crippen molar-refractivity contribution in [2.45, 2.75) is 32.9 Å². The summed E-state index contributed by atoms with van der Waals surface area (Å²) in [6.07, 6.45) is 1.36. The van der Waals surface area contributed by atoms with E-state index in [4.69, 9.17) is 0 Å². The Kier molecular flexibility index (Phi) is 10.5. The van der Waals surface area contributed by atoms with E-state index in [2.05, 4.69) is 21.2 Å². The summed E-state index contributed by atoms with van der Waals surface area (Å²) in [5.41, 5.74) is 2.10. The Morgan fingerprint density at radius 2 is 1.45 bits per heavy atom. The van der Waals surface area contributed by atoms with Crippen LogP contribution in [-0.2, 0) is 32.6 Å². The zero-order valence-electron chi connectivity index (χ0n) is 21.9. The van der Waals surface area contributed by atoms with Crippen LogP contribution in [0.5, 0.6) is 0 Å². The maximum absolute atomic E-state index is 13.9. The van der Waals surface area contributed by atoms with Crippen LogP contribution in [0, 0.1) is 5.92 Å². The van der Waals surface area contributed by atoms with E-state index in [-0.39, 0.29) is 24.8 Å². The minimum Gasteiger partial charge on any atom is -0.354 e. The van der Waals surface area contributed by atoms with Crippen molar-refractivity contribution >= 4 is 43.5 Å². The smallest absolute Gasteiger partial charge is 0.244 e. The maximum atomic E-state index is 13.9. The zero-order valence-corrected chi connectivity index (χ0v) is 24.3. The molecule has 3 aromatic carbocycles. The van der Waals surface area contributed by atoms with Crippen molar-refractivity contribution in [3.05, 3.63) is 101 Å². The number of carbonyl (C=O) groups excluding carboxylic acids is 2. The first kappa shape index (κ1) is 29.4. The third-order valence-corrected chi connectivity index (χ3v) is 7.61. The molecule has 0 unspecified atom stereocenters. The molecule has 1 atom stereocenters. The van der Waals surface area contributed by atoms with Crippen LogP contribution in [0.4, 0.5) is 5.69 Å². The second kappa shape index (κ2) is 13.6. The number of nitrogens with zero attached hydrogens (tertiary/aromatic N) is 2. The molecule has 7 nitrogen and oxygen atoms in total. The first-order valence-electron chi connectivity index (χ1n) is 12.4. The minimum atomic E-state index is -3.77. The van der Waals surface area contributed by atoms with Gasteiger partial charge < -0.3 is 10.2 Å². The Bertz CT molecular complexity index is 1300. The molecule has 0 aliphatic carbocycles. The molecule has 0 aliphatic rings. The fraction of sp³-hybridized carbons (Fsp3) is 0.310. The molecule has 0 saturated carbocycles. The van der Waals surface area contributed by atoms with Gasteiger partial charge in [-0.2, -0.15) is 0 Å². The van der Waals surface area contributed by atoms with Crippen LogP contribution in [-0.4, -0.2) is 50.5 Å². The van der Waals surface area contributed by atoms with Crippen LogP contribution in [0.3, 0.4) is 0 Å². The van der Waals surface area contributed by atoms with Crippen molar-refractivity contribution < 1.29 is 18.0 Å². The summed E-state index contributed by atoms with van der Waals surface area (Å²) in [5.74, 6) is -0.521. The lowest BCUT2D eigenvalue weighted by atomic mass is 10.0. The first-order valence-corrected chi connectivity index (χ1v) is 15.1. The number of sulfonamides is 1. The van der Waals surface area contributed by atoms with Gasteiger partial charge in [0.2, 0.25) is 21.8 Å². The monoisotopic (exact) mass is 599 g/mol. The molecule has 0 saturated heterocycles. The molecule has 0 spiro atoms. The van der Waals surface area contributed by atoms with E-state index in [1.54, 1.807) is 30.3 Å². The summed E-state index contributed by atoms with van der Waals surface area (Å²) < 4.78 is 27.4. The van der Waals surface area contributed by atoms with E-state index in [1.807, 2.05) is 68.4 Å². The average Bonchev–Trinajstić information content (AvgIpc) is 2.89. The van der Waals surface area contributed by atoms with Crippen molar-refractivity contribution in [3.8, 4) is 0 Å². The Morgan fingerprint density at radius 3 is 2.00 bits per heavy atom. The van der Waals surface area contributed by atoms with Crippen LogP contribution < -0.4 is 9.62 Å². The van der Waals surface area contributed by atoms with E-state index < -0.39 is 28.5 Å². The molecule has 0 fully saturated rings. The van der Waals surface area contributed by atoms with E-state index in [0.29, 0.717) is 12.2 Å². The molecule has 2 amide bonds. The standard InChI is InChI=1S/C29H34BrN3O4S/c1-22(2)19-31-29(35)27(18-23-10-6-4-7-11-23)32(20-24-14-16-25(30)17-15-24)28(34)21-33(38(3,36)37)26-12-8-5-9-13-26/h4-17,22,27H,18-21H2,1-3H3,(H,31,35)/t27-/m1/s1. The molecule has 3 rings (SSSR count). The quantitative estimate of drug-likeness (QED) is 0.329. The third kappa shape index (κ3) is 8.70. The maximum Gasteiger partial charge on any atom is 0.244 e. The predicted molar refractivity (Wildman–Crippen MR) is 155 cm³/mol. The summed E-state index contributed by atoms with van der Waals surface area (Å²) in [5, 5.41) is 2.98. The molecule has 1 N–H and O–H groups in total. The lowest BCUT2D eigenvalue weighted by Crippen LogP contribution is -2.53. The highest BCUT2D eigenvalue weighted by molar-refractivity contribution is 9.10. The summed E-state index contributed by atoms with van der Waals surface area (Å²) in [4.78, 5) is 29.0. The van der Waals surface area contributed by atoms with Crippen LogP contribution >= 0.6 is 15.9 Å². The van der Waals surface area contributed by atoms with Gasteiger partial charge in [-0.05, 0) is 41.3 Å². The minimum absolute atomic E-state index is 0.144. The molecular formula is C29H34BrN3O4S. The molecule has 3 aromatic rings. The number of hydrogen-bond acceptors (Lipinski definition) is 4. The molecule has 38 heavy (non-hydrogen) atoms. The molecule has 9 heteroatoms. The zero-order chi connectivity index (χ0) is 27.7. The summed E-state index contributed by atoms with van der Waals surface area (Å²) >= 11 is 3.43. The molecule has 0 bridgehead atoms. The Balaban J connectivity index is 2.02. The lowest BCUT2D eigenvalue weighted by molar-refractivity contribution is -0.140. The second-order valence-corrected chi connectivity index (χ2v) is 12.4. The molecule has 0 radical (unpaired) electrons. The summed E-state index contributed by atoms with van der Waals surface area (Å²) in [6.45, 7) is 4.18. The molecule has 0 aliphatic heterocycles. The molecule has 202 valence electrons. The van der Waals surface area contributed by atoms with Crippen molar-refractivity contribution in [3.63, 3.8) is 0 Å². The summed E-state index contributed by atoms with van der Waals surface area (Å²) in [6, 6.07) is 24.7. The van der Waals surface area contributed by atoms with Crippen LogP contribution in [0.25, 0.3) is 0 Å². The van der Waals surface area contributed by atoms with Crippen molar-refractivity contribution in [1.82, 2.24) is 10.2 Å². The van der Waals surface area contributed by atoms with Crippen molar-refractivity contribution in [2.24, 2.45) is 5.92 Å².